The van der Waals surface area contributed by atoms with Crippen molar-refractivity contribution < 1.29 is 14.0 Å². The van der Waals surface area contributed by atoms with Crippen molar-refractivity contribution in [1.82, 2.24) is 10.3 Å². The predicted molar refractivity (Wildman–Crippen MR) is 74.4 cm³/mol. The molecule has 5 nitrogen and oxygen atoms in total. The van der Waals surface area contributed by atoms with Gasteiger partial charge in [0.15, 0.2) is 0 Å². The Labute approximate surface area is 121 Å². The van der Waals surface area contributed by atoms with E-state index in [0.717, 1.165) is 5.56 Å². The number of nitrogens with two attached hydrogens (primary N) is 1. The molecule has 0 radical (unpaired) electrons. The van der Waals surface area contributed by atoms with Crippen molar-refractivity contribution in [2.75, 3.05) is 0 Å². The van der Waals surface area contributed by atoms with Crippen LogP contribution in [0, 0.1) is 5.82 Å². The summed E-state index contributed by atoms with van der Waals surface area (Å²) in [5.74, 6) is -1.50. The molecule has 2 rings (SSSR count). The van der Waals surface area contributed by atoms with Gasteiger partial charge in [0.25, 0.3) is 0 Å². The number of rotatable bonds is 5. The molecular weight excluding hydrogens is 273 g/mol. The molecule has 0 aliphatic heterocycles. The van der Waals surface area contributed by atoms with Crippen molar-refractivity contribution in [2.24, 2.45) is 5.73 Å². The van der Waals surface area contributed by atoms with Crippen LogP contribution < -0.4 is 11.1 Å². The highest BCUT2D eigenvalue weighted by atomic mass is 19.1. The molecule has 0 saturated carbocycles. The average molecular weight is 287 g/mol. The van der Waals surface area contributed by atoms with E-state index in [-0.39, 0.29) is 12.3 Å². The lowest BCUT2D eigenvalue weighted by atomic mass is 10.1. The first-order valence-corrected chi connectivity index (χ1v) is 6.29. The highest BCUT2D eigenvalue weighted by Crippen LogP contribution is 2.13. The SMILES string of the molecule is NC(=O)[C@@H](NC(=O)Cc1cccnc1)c1ccc(F)cc1. The number of primary amides is 1. The van der Waals surface area contributed by atoms with Crippen molar-refractivity contribution in [2.45, 2.75) is 12.5 Å². The third-order valence-corrected chi connectivity index (χ3v) is 2.88. The van der Waals surface area contributed by atoms with E-state index in [1.165, 1.54) is 24.3 Å². The van der Waals surface area contributed by atoms with Crippen LogP contribution in [0.2, 0.25) is 0 Å². The Bertz CT molecular complexity index is 629. The minimum atomic E-state index is -0.991. The fourth-order valence-corrected chi connectivity index (χ4v) is 1.87. The van der Waals surface area contributed by atoms with Gasteiger partial charge in [0.05, 0.1) is 6.42 Å². The van der Waals surface area contributed by atoms with Crippen LogP contribution in [0.5, 0.6) is 0 Å². The molecule has 108 valence electrons. The van der Waals surface area contributed by atoms with Crippen LogP contribution >= 0.6 is 0 Å². The lowest BCUT2D eigenvalue weighted by Crippen LogP contribution is -2.38. The second-order valence-corrected chi connectivity index (χ2v) is 4.49. The van der Waals surface area contributed by atoms with E-state index in [2.05, 4.69) is 10.3 Å². The molecule has 1 aromatic carbocycles. The highest BCUT2D eigenvalue weighted by Gasteiger charge is 2.20. The Morgan fingerprint density at radius 1 is 1.24 bits per heavy atom. The predicted octanol–water partition coefficient (Wildman–Crippen LogP) is 1.11. The Morgan fingerprint density at radius 2 is 1.95 bits per heavy atom. The molecule has 0 spiro atoms. The zero-order valence-electron chi connectivity index (χ0n) is 11.1. The summed E-state index contributed by atoms with van der Waals surface area (Å²) in [7, 11) is 0. The van der Waals surface area contributed by atoms with Crippen molar-refractivity contribution >= 4 is 11.8 Å². The number of nitrogens with one attached hydrogen (secondary N) is 1. The Hall–Kier alpha value is -2.76. The number of carbonyl (C=O) groups excluding carboxylic acids is 2. The largest absolute Gasteiger partial charge is 0.368 e. The van der Waals surface area contributed by atoms with Crippen LogP contribution in [-0.4, -0.2) is 16.8 Å². The van der Waals surface area contributed by atoms with Gasteiger partial charge in [-0.15, -0.1) is 0 Å². The summed E-state index contributed by atoms with van der Waals surface area (Å²) >= 11 is 0. The molecular formula is C15H14FN3O2. The quantitative estimate of drug-likeness (QED) is 0.863. The average Bonchev–Trinajstić information content (AvgIpc) is 2.47. The van der Waals surface area contributed by atoms with Gasteiger partial charge in [-0.1, -0.05) is 18.2 Å². The van der Waals surface area contributed by atoms with E-state index in [9.17, 15) is 14.0 Å². The molecule has 3 N–H and O–H groups in total. The lowest BCUT2D eigenvalue weighted by molar-refractivity contribution is -0.127. The van der Waals surface area contributed by atoms with Crippen LogP contribution in [0.3, 0.4) is 0 Å². The number of nitrogens with zero attached hydrogens (tertiary/aromatic N) is 1. The number of amides is 2. The summed E-state index contributed by atoms with van der Waals surface area (Å²) in [4.78, 5) is 27.3. The van der Waals surface area contributed by atoms with Gasteiger partial charge in [-0.05, 0) is 29.3 Å². The first kappa shape index (κ1) is 14.6. The number of pyridine rings is 1. The Morgan fingerprint density at radius 3 is 2.52 bits per heavy atom. The molecule has 2 amide bonds. The molecule has 0 unspecified atom stereocenters. The summed E-state index contributed by atoms with van der Waals surface area (Å²) in [6, 6.07) is 7.72. The summed E-state index contributed by atoms with van der Waals surface area (Å²) < 4.78 is 12.9. The Kier molecular flexibility index (Phi) is 4.61. The Balaban J connectivity index is 2.08. The second kappa shape index (κ2) is 6.60. The van der Waals surface area contributed by atoms with Crippen molar-refractivity contribution in [3.63, 3.8) is 0 Å². The molecule has 21 heavy (non-hydrogen) atoms. The minimum absolute atomic E-state index is 0.0822. The van der Waals surface area contributed by atoms with Crippen molar-refractivity contribution in [1.29, 1.82) is 0 Å². The van der Waals surface area contributed by atoms with Gasteiger partial charge >= 0.3 is 0 Å². The van der Waals surface area contributed by atoms with Crippen LogP contribution in [0.4, 0.5) is 4.39 Å². The van der Waals surface area contributed by atoms with Crippen LogP contribution in [-0.2, 0) is 16.0 Å². The molecule has 0 aliphatic carbocycles. The number of hydrogen-bond donors (Lipinski definition) is 2. The van der Waals surface area contributed by atoms with Gasteiger partial charge in [0.1, 0.15) is 11.9 Å². The molecule has 0 saturated heterocycles. The minimum Gasteiger partial charge on any atom is -0.368 e. The van der Waals surface area contributed by atoms with E-state index < -0.39 is 17.8 Å². The molecule has 2 aromatic rings. The van der Waals surface area contributed by atoms with E-state index in [4.69, 9.17) is 5.73 Å². The third kappa shape index (κ3) is 4.10. The first-order valence-electron chi connectivity index (χ1n) is 6.29. The monoisotopic (exact) mass is 287 g/mol. The smallest absolute Gasteiger partial charge is 0.244 e. The van der Waals surface area contributed by atoms with Gasteiger partial charge in [-0.2, -0.15) is 0 Å². The zero-order chi connectivity index (χ0) is 15.2. The number of carbonyl (C=O) groups is 2. The number of aromatic nitrogens is 1. The van der Waals surface area contributed by atoms with Gasteiger partial charge in [0.2, 0.25) is 11.8 Å². The molecule has 1 heterocycles. The van der Waals surface area contributed by atoms with E-state index in [1.54, 1.807) is 24.5 Å². The topological polar surface area (TPSA) is 85.1 Å². The number of benzene rings is 1. The maximum atomic E-state index is 12.9. The molecule has 0 bridgehead atoms. The van der Waals surface area contributed by atoms with E-state index in [1.807, 2.05) is 0 Å². The van der Waals surface area contributed by atoms with Crippen molar-refractivity contribution in [3.05, 3.63) is 65.7 Å². The van der Waals surface area contributed by atoms with Gasteiger partial charge in [0, 0.05) is 12.4 Å². The summed E-state index contributed by atoms with van der Waals surface area (Å²) in [5, 5.41) is 2.54. The summed E-state index contributed by atoms with van der Waals surface area (Å²) in [6.45, 7) is 0. The summed E-state index contributed by atoms with van der Waals surface area (Å²) in [6.07, 6.45) is 3.25. The molecule has 6 heteroatoms. The number of halogens is 1. The maximum absolute atomic E-state index is 12.9. The standard InChI is InChI=1S/C15H14FN3O2/c16-12-5-3-11(4-6-12)14(15(17)21)19-13(20)8-10-2-1-7-18-9-10/h1-7,9,14H,8H2,(H2,17,21)(H,19,20)/t14-/m0/s1. The van der Waals surface area contributed by atoms with E-state index >= 15 is 0 Å². The molecule has 0 aliphatic rings. The van der Waals surface area contributed by atoms with Crippen molar-refractivity contribution in [3.8, 4) is 0 Å². The highest BCUT2D eigenvalue weighted by molar-refractivity contribution is 5.88. The van der Waals surface area contributed by atoms with Crippen LogP contribution in [0.25, 0.3) is 0 Å². The lowest BCUT2D eigenvalue weighted by Gasteiger charge is -2.16. The zero-order valence-corrected chi connectivity index (χ0v) is 11.1. The van der Waals surface area contributed by atoms with Gasteiger partial charge < -0.3 is 11.1 Å². The third-order valence-electron chi connectivity index (χ3n) is 2.88. The fourth-order valence-electron chi connectivity index (χ4n) is 1.87. The van der Waals surface area contributed by atoms with E-state index in [0.29, 0.717) is 5.56 Å². The van der Waals surface area contributed by atoms with Crippen LogP contribution in [0.1, 0.15) is 17.2 Å². The first-order chi connectivity index (χ1) is 10.1. The summed E-state index contributed by atoms with van der Waals surface area (Å²) in [5.41, 5.74) is 6.44. The fraction of sp³-hybridized carbons (Fsp3) is 0.133. The van der Waals surface area contributed by atoms with Gasteiger partial charge in [-0.25, -0.2) is 4.39 Å². The second-order valence-electron chi connectivity index (χ2n) is 4.49. The molecule has 0 fully saturated rings. The number of hydrogen-bond acceptors (Lipinski definition) is 3. The molecule has 1 atom stereocenters. The normalized spacial score (nSPS) is 11.7. The maximum Gasteiger partial charge on any atom is 0.244 e. The van der Waals surface area contributed by atoms with Gasteiger partial charge in [-0.3, -0.25) is 14.6 Å². The van der Waals surface area contributed by atoms with Crippen LogP contribution in [0.15, 0.2) is 48.8 Å². The molecule has 1 aromatic heterocycles.